The Morgan fingerprint density at radius 2 is 1.54 bits per heavy atom. The summed E-state index contributed by atoms with van der Waals surface area (Å²) >= 11 is 8.80. The normalized spacial score (nSPS) is 18.3. The summed E-state index contributed by atoms with van der Waals surface area (Å²) < 4.78 is 4.41. The maximum absolute atomic E-state index is 9.42. The molecule has 13 heavy (non-hydrogen) atoms. The van der Waals surface area contributed by atoms with E-state index in [9.17, 15) is 4.89 Å². The Balaban J connectivity index is 4.44. The first kappa shape index (κ1) is 14.1. The first-order valence-electron chi connectivity index (χ1n) is 3.30. The highest BCUT2D eigenvalue weighted by atomic mass is 32.5. The zero-order chi connectivity index (χ0) is 10.9. The summed E-state index contributed by atoms with van der Waals surface area (Å²) in [7, 11) is 0. The topological polar surface area (TPSA) is 82.0 Å². The van der Waals surface area contributed by atoms with E-state index in [-0.39, 0.29) is 0 Å². The zero-order valence-electron chi connectivity index (χ0n) is 7.46. The van der Waals surface area contributed by atoms with Gasteiger partial charge in [0.25, 0.3) is 6.64 Å². The molecule has 0 aromatic carbocycles. The Morgan fingerprint density at radius 3 is 1.77 bits per heavy atom. The van der Waals surface area contributed by atoms with Gasteiger partial charge in [0.15, 0.2) is 0 Å². The molecule has 0 saturated carbocycles. The summed E-state index contributed by atoms with van der Waals surface area (Å²) in [6, 6.07) is 0. The Kier molecular flexibility index (Phi) is 4.67. The molecule has 0 aromatic heterocycles. The van der Waals surface area contributed by atoms with Crippen LogP contribution >= 0.6 is 13.4 Å². The number of nitrogens with one attached hydrogen (secondary N) is 1. The molecule has 0 amide bonds. The van der Waals surface area contributed by atoms with Crippen LogP contribution < -0.4 is 5.09 Å². The number of hydrogen-bond donors (Lipinski definition) is 4. The van der Waals surface area contributed by atoms with Gasteiger partial charge >= 0.3 is 6.72 Å². The van der Waals surface area contributed by atoms with Crippen LogP contribution in [-0.4, -0.2) is 20.2 Å². The van der Waals surface area contributed by atoms with Gasteiger partial charge in [0.2, 0.25) is 0 Å². The molecule has 0 rings (SSSR count). The van der Waals surface area contributed by atoms with Crippen molar-refractivity contribution in [2.75, 3.05) is 0 Å². The van der Waals surface area contributed by atoms with Crippen molar-refractivity contribution in [2.45, 2.75) is 26.3 Å². The molecule has 0 bridgehead atoms. The molecule has 0 aromatic rings. The Hall–Kier alpha value is 1.10. The van der Waals surface area contributed by atoms with Gasteiger partial charge in [-0.15, -0.1) is 0 Å². The van der Waals surface area contributed by atoms with Gasteiger partial charge in [0.05, 0.1) is 0 Å². The van der Waals surface area contributed by atoms with Gasteiger partial charge in [-0.1, -0.05) is 0 Å². The molecule has 4 N–H and O–H groups in total. The molecule has 0 spiro atoms. The van der Waals surface area contributed by atoms with Crippen molar-refractivity contribution in [3.63, 3.8) is 0 Å². The van der Waals surface area contributed by atoms with E-state index in [4.69, 9.17) is 9.79 Å². The van der Waals surface area contributed by atoms with Crippen LogP contribution in [0.25, 0.3) is 0 Å². The predicted octanol–water partition coefficient (Wildman–Crippen LogP) is 0.817. The van der Waals surface area contributed by atoms with Crippen molar-refractivity contribution < 1.29 is 19.0 Å². The van der Waals surface area contributed by atoms with Crippen LogP contribution in [0.4, 0.5) is 0 Å². The van der Waals surface area contributed by atoms with Crippen LogP contribution in [0.5, 0.6) is 0 Å². The van der Waals surface area contributed by atoms with Gasteiger partial charge in [0.1, 0.15) is 0 Å². The number of hydrogen-bond acceptors (Lipinski definition) is 3. The van der Waals surface area contributed by atoms with Crippen LogP contribution in [0.1, 0.15) is 20.8 Å². The standard InChI is InChI=1S/C4H13NO4P2S2/c1-4(2,3)5-10(6,12)9-11(7,8)13/h1-3H3,(H2,5,6,12)(H2,7,8,13). The summed E-state index contributed by atoms with van der Waals surface area (Å²) in [5.74, 6) is 0. The van der Waals surface area contributed by atoms with Gasteiger partial charge in [-0.3, -0.25) is 0 Å². The van der Waals surface area contributed by atoms with E-state index < -0.39 is 18.9 Å². The quantitative estimate of drug-likeness (QED) is 0.562. The molecule has 0 radical (unpaired) electrons. The van der Waals surface area contributed by atoms with E-state index >= 15 is 0 Å². The highest BCUT2D eigenvalue weighted by Gasteiger charge is 2.27. The lowest BCUT2D eigenvalue weighted by atomic mass is 10.1. The van der Waals surface area contributed by atoms with Crippen molar-refractivity contribution in [3.8, 4) is 0 Å². The lowest BCUT2D eigenvalue weighted by molar-refractivity contribution is 0.348. The average molecular weight is 265 g/mol. The van der Waals surface area contributed by atoms with E-state index in [1.165, 1.54) is 0 Å². The van der Waals surface area contributed by atoms with E-state index in [0.717, 1.165) is 0 Å². The molecule has 1 atom stereocenters. The second-order valence-electron chi connectivity index (χ2n) is 3.45. The molecule has 0 saturated heterocycles. The van der Waals surface area contributed by atoms with Gasteiger partial charge < -0.3 is 14.7 Å². The Bertz CT molecular complexity index is 270. The summed E-state index contributed by atoms with van der Waals surface area (Å²) in [4.78, 5) is 27.0. The van der Waals surface area contributed by atoms with Crippen molar-refractivity contribution in [1.29, 1.82) is 0 Å². The van der Waals surface area contributed by atoms with E-state index in [1.54, 1.807) is 20.8 Å². The van der Waals surface area contributed by atoms with E-state index in [0.29, 0.717) is 0 Å². The second kappa shape index (κ2) is 4.31. The molecular formula is C4H13NO4P2S2. The maximum Gasteiger partial charge on any atom is 0.328 e. The van der Waals surface area contributed by atoms with Crippen molar-refractivity contribution in [1.82, 2.24) is 5.09 Å². The smallest absolute Gasteiger partial charge is 0.328 e. The van der Waals surface area contributed by atoms with Crippen LogP contribution in [0, 0.1) is 0 Å². The van der Waals surface area contributed by atoms with Crippen LogP contribution in [0.15, 0.2) is 0 Å². The van der Waals surface area contributed by atoms with Crippen molar-refractivity contribution >= 4 is 37.0 Å². The fourth-order valence-electron chi connectivity index (χ4n) is 0.588. The molecule has 0 heterocycles. The molecule has 9 heteroatoms. The fourth-order valence-corrected chi connectivity index (χ4v) is 5.66. The Morgan fingerprint density at radius 1 is 1.15 bits per heavy atom. The minimum absolute atomic E-state index is 0.477. The summed E-state index contributed by atoms with van der Waals surface area (Å²) in [6.45, 7) is -2.05. The zero-order valence-corrected chi connectivity index (χ0v) is 10.9. The molecular weight excluding hydrogens is 252 g/mol. The molecule has 0 fully saturated rings. The SMILES string of the molecule is CC(C)(C)NP(O)(=S)OP(O)(O)=S. The monoisotopic (exact) mass is 265 g/mol. The Labute approximate surface area is 87.6 Å². The van der Waals surface area contributed by atoms with Crippen LogP contribution in [0.3, 0.4) is 0 Å². The highest BCUT2D eigenvalue weighted by molar-refractivity contribution is 8.14. The van der Waals surface area contributed by atoms with Gasteiger partial charge in [0, 0.05) is 5.54 Å². The summed E-state index contributed by atoms with van der Waals surface area (Å²) in [5, 5.41) is 2.55. The predicted molar refractivity (Wildman–Crippen MR) is 59.2 cm³/mol. The molecule has 5 nitrogen and oxygen atoms in total. The third-order valence-electron chi connectivity index (χ3n) is 0.694. The van der Waals surface area contributed by atoms with Crippen LogP contribution in [-0.2, 0) is 27.9 Å². The van der Waals surface area contributed by atoms with Crippen LogP contribution in [0.2, 0.25) is 0 Å². The fraction of sp³-hybridized carbons (Fsp3) is 1.00. The lowest BCUT2D eigenvalue weighted by Crippen LogP contribution is -2.33. The third kappa shape index (κ3) is 9.41. The van der Waals surface area contributed by atoms with E-state index in [2.05, 4.69) is 33.0 Å². The minimum Gasteiger partial charge on any atom is -0.333 e. The second-order valence-corrected chi connectivity index (χ2v) is 9.27. The van der Waals surface area contributed by atoms with Gasteiger partial charge in [-0.25, -0.2) is 9.40 Å². The first-order chi connectivity index (χ1) is 5.41. The third-order valence-corrected chi connectivity index (χ3v) is 4.86. The molecule has 0 aliphatic rings. The number of rotatable bonds is 3. The molecule has 0 aliphatic carbocycles. The van der Waals surface area contributed by atoms with Gasteiger partial charge in [-0.2, -0.15) is 0 Å². The molecule has 0 aliphatic heterocycles. The molecule has 1 unspecified atom stereocenters. The van der Waals surface area contributed by atoms with Crippen molar-refractivity contribution in [2.24, 2.45) is 0 Å². The van der Waals surface area contributed by atoms with E-state index in [1.807, 2.05) is 0 Å². The average Bonchev–Trinajstić information content (AvgIpc) is 1.43. The summed E-state index contributed by atoms with van der Waals surface area (Å²) in [5.41, 5.74) is -0.477. The lowest BCUT2D eigenvalue weighted by Gasteiger charge is -2.27. The largest absolute Gasteiger partial charge is 0.333 e. The summed E-state index contributed by atoms with van der Waals surface area (Å²) in [6.07, 6.45) is 0. The van der Waals surface area contributed by atoms with Crippen molar-refractivity contribution in [3.05, 3.63) is 0 Å². The highest BCUT2D eigenvalue weighted by Crippen LogP contribution is 2.55. The first-order valence-corrected chi connectivity index (χ1v) is 8.60. The van der Waals surface area contributed by atoms with Gasteiger partial charge in [-0.05, 0) is 44.4 Å². The minimum atomic E-state index is -3.91. The molecule has 80 valence electrons. The maximum atomic E-state index is 9.42.